The average molecular weight is 249 g/mol. The molecule has 1 aliphatic rings. The van der Waals surface area contributed by atoms with Crippen LogP contribution < -0.4 is 0 Å². The third-order valence-corrected chi connectivity index (χ3v) is 2.97. The van der Waals surface area contributed by atoms with Crippen LogP contribution >= 0.6 is 0 Å². The largest absolute Gasteiger partial charge is 0.480 e. The summed E-state index contributed by atoms with van der Waals surface area (Å²) in [6.07, 6.45) is 4.18. The Hall–Kier alpha value is -2.04. The number of amides is 1. The van der Waals surface area contributed by atoms with Crippen molar-refractivity contribution in [3.8, 4) is 0 Å². The van der Waals surface area contributed by atoms with Crippen molar-refractivity contribution in [3.05, 3.63) is 29.7 Å². The molecule has 2 rings (SSSR count). The number of carboxylic acid groups (broad SMARTS) is 1. The molecule has 1 N–H and O–H groups in total. The molecule has 1 aromatic rings. The minimum absolute atomic E-state index is 0.283. The van der Waals surface area contributed by atoms with Crippen molar-refractivity contribution in [2.24, 2.45) is 0 Å². The van der Waals surface area contributed by atoms with Crippen molar-refractivity contribution in [1.29, 1.82) is 0 Å². The van der Waals surface area contributed by atoms with Crippen molar-refractivity contribution in [1.82, 2.24) is 4.90 Å². The van der Waals surface area contributed by atoms with Gasteiger partial charge in [-0.1, -0.05) is 0 Å². The number of nitrogens with zero attached hydrogens (tertiary/aromatic N) is 1. The number of carbonyl (C=O) groups is 2. The fourth-order valence-corrected chi connectivity index (χ4v) is 2.08. The van der Waals surface area contributed by atoms with Gasteiger partial charge in [-0.05, 0) is 38.0 Å². The fourth-order valence-electron chi connectivity index (χ4n) is 2.08. The zero-order valence-corrected chi connectivity index (χ0v) is 10.1. The quantitative estimate of drug-likeness (QED) is 0.827. The number of aliphatic carboxylic acids is 1. The van der Waals surface area contributed by atoms with Gasteiger partial charge in [-0.25, -0.2) is 4.79 Å². The molecule has 0 aromatic carbocycles. The van der Waals surface area contributed by atoms with Crippen LogP contribution in [0.1, 0.15) is 24.4 Å². The number of carboxylic acids is 1. The second kappa shape index (κ2) is 5.08. The summed E-state index contributed by atoms with van der Waals surface area (Å²) in [6.45, 7) is 2.32. The van der Waals surface area contributed by atoms with Crippen molar-refractivity contribution >= 4 is 18.0 Å². The van der Waals surface area contributed by atoms with Gasteiger partial charge in [0.2, 0.25) is 5.91 Å². The third-order valence-electron chi connectivity index (χ3n) is 2.97. The van der Waals surface area contributed by atoms with E-state index in [9.17, 15) is 9.59 Å². The summed E-state index contributed by atoms with van der Waals surface area (Å²) >= 11 is 0. The van der Waals surface area contributed by atoms with Crippen molar-refractivity contribution < 1.29 is 19.1 Å². The molecule has 5 heteroatoms. The fraction of sp³-hybridized carbons (Fsp3) is 0.385. The Morgan fingerprint density at radius 3 is 2.89 bits per heavy atom. The molecule has 1 saturated heterocycles. The summed E-state index contributed by atoms with van der Waals surface area (Å²) in [5, 5.41) is 8.98. The van der Waals surface area contributed by atoms with E-state index in [1.54, 1.807) is 18.2 Å². The molecule has 18 heavy (non-hydrogen) atoms. The van der Waals surface area contributed by atoms with Gasteiger partial charge in [0.15, 0.2) is 0 Å². The number of carbonyl (C=O) groups excluding carboxylic acids is 1. The smallest absolute Gasteiger partial charge is 0.326 e. The zero-order chi connectivity index (χ0) is 13.1. The first-order valence-corrected chi connectivity index (χ1v) is 5.86. The van der Waals surface area contributed by atoms with Crippen LogP contribution in [-0.2, 0) is 9.59 Å². The van der Waals surface area contributed by atoms with Gasteiger partial charge in [0.25, 0.3) is 0 Å². The monoisotopic (exact) mass is 249 g/mol. The SMILES string of the molecule is Cc1ccc(/C=C\C(=O)N2CCC[C@@H]2C(=O)O)o1. The molecule has 0 spiro atoms. The second-order valence-corrected chi connectivity index (χ2v) is 4.31. The van der Waals surface area contributed by atoms with E-state index in [1.807, 2.05) is 6.92 Å². The van der Waals surface area contributed by atoms with Crippen LogP contribution in [-0.4, -0.2) is 34.5 Å². The number of likely N-dealkylation sites (tertiary alicyclic amines) is 1. The number of hydrogen-bond donors (Lipinski definition) is 1. The van der Waals surface area contributed by atoms with Gasteiger partial charge in [-0.2, -0.15) is 0 Å². The molecule has 5 nitrogen and oxygen atoms in total. The first-order valence-electron chi connectivity index (χ1n) is 5.86. The topological polar surface area (TPSA) is 70.8 Å². The van der Waals surface area contributed by atoms with E-state index in [0.717, 1.165) is 12.2 Å². The van der Waals surface area contributed by atoms with Gasteiger partial charge in [-0.3, -0.25) is 4.79 Å². The minimum Gasteiger partial charge on any atom is -0.480 e. The zero-order valence-electron chi connectivity index (χ0n) is 10.1. The third kappa shape index (κ3) is 2.61. The molecular weight excluding hydrogens is 234 g/mol. The lowest BCUT2D eigenvalue weighted by molar-refractivity contribution is -0.146. The highest BCUT2D eigenvalue weighted by Crippen LogP contribution is 2.18. The van der Waals surface area contributed by atoms with E-state index in [2.05, 4.69) is 0 Å². The molecule has 1 atom stereocenters. The maximum absolute atomic E-state index is 11.9. The number of hydrogen-bond acceptors (Lipinski definition) is 3. The first kappa shape index (κ1) is 12.4. The lowest BCUT2D eigenvalue weighted by Gasteiger charge is -2.19. The molecular formula is C13H15NO4. The second-order valence-electron chi connectivity index (χ2n) is 4.31. The van der Waals surface area contributed by atoms with E-state index in [-0.39, 0.29) is 5.91 Å². The Morgan fingerprint density at radius 1 is 1.50 bits per heavy atom. The summed E-state index contributed by atoms with van der Waals surface area (Å²) < 4.78 is 5.30. The Kier molecular flexibility index (Phi) is 3.50. The Bertz CT molecular complexity index is 489. The lowest BCUT2D eigenvalue weighted by atomic mass is 10.2. The van der Waals surface area contributed by atoms with Crippen LogP contribution in [0.15, 0.2) is 22.6 Å². The maximum atomic E-state index is 11.9. The van der Waals surface area contributed by atoms with Gasteiger partial charge in [-0.15, -0.1) is 0 Å². The molecule has 1 aromatic heterocycles. The van der Waals surface area contributed by atoms with Gasteiger partial charge < -0.3 is 14.4 Å². The van der Waals surface area contributed by atoms with Crippen molar-refractivity contribution in [2.45, 2.75) is 25.8 Å². The standard InChI is InChI=1S/C13H15NO4/c1-9-4-5-10(18-9)6-7-12(15)14-8-2-3-11(14)13(16)17/h4-7,11H,2-3,8H2,1H3,(H,16,17)/b7-6-/t11-/m1/s1. The molecule has 0 unspecified atom stereocenters. The van der Waals surface area contributed by atoms with Crippen LogP contribution in [0.2, 0.25) is 0 Å². The van der Waals surface area contributed by atoms with Gasteiger partial charge in [0, 0.05) is 12.6 Å². The number of aryl methyl sites for hydroxylation is 1. The highest BCUT2D eigenvalue weighted by atomic mass is 16.4. The van der Waals surface area contributed by atoms with Crippen molar-refractivity contribution in [3.63, 3.8) is 0 Å². The van der Waals surface area contributed by atoms with Crippen LogP contribution in [0.4, 0.5) is 0 Å². The summed E-state index contributed by atoms with van der Waals surface area (Å²) in [5.41, 5.74) is 0. The molecule has 0 aliphatic carbocycles. The molecule has 2 heterocycles. The Balaban J connectivity index is 2.03. The first-order chi connectivity index (χ1) is 8.58. The van der Waals surface area contributed by atoms with E-state index < -0.39 is 12.0 Å². The highest BCUT2D eigenvalue weighted by molar-refractivity contribution is 5.94. The average Bonchev–Trinajstić information content (AvgIpc) is 2.94. The molecule has 1 amide bonds. The van der Waals surface area contributed by atoms with Crippen molar-refractivity contribution in [2.75, 3.05) is 6.54 Å². The van der Waals surface area contributed by atoms with E-state index in [1.165, 1.54) is 11.0 Å². The van der Waals surface area contributed by atoms with Crippen LogP contribution in [0.25, 0.3) is 6.08 Å². The predicted molar refractivity (Wildman–Crippen MR) is 64.8 cm³/mol. The van der Waals surface area contributed by atoms with Gasteiger partial charge in [0.05, 0.1) is 0 Å². The van der Waals surface area contributed by atoms with Crippen LogP contribution in [0.5, 0.6) is 0 Å². The van der Waals surface area contributed by atoms with E-state index in [0.29, 0.717) is 18.7 Å². The molecule has 0 radical (unpaired) electrons. The van der Waals surface area contributed by atoms with Crippen LogP contribution in [0, 0.1) is 6.92 Å². The molecule has 0 bridgehead atoms. The predicted octanol–water partition coefficient (Wildman–Crippen LogP) is 1.68. The number of furan rings is 1. The molecule has 0 saturated carbocycles. The summed E-state index contributed by atoms with van der Waals surface area (Å²) in [6, 6.07) is 2.87. The minimum atomic E-state index is -0.942. The number of rotatable bonds is 3. The summed E-state index contributed by atoms with van der Waals surface area (Å²) in [5.74, 6) is 0.135. The van der Waals surface area contributed by atoms with E-state index in [4.69, 9.17) is 9.52 Å². The summed E-state index contributed by atoms with van der Waals surface area (Å²) in [7, 11) is 0. The molecule has 96 valence electrons. The molecule has 1 aliphatic heterocycles. The lowest BCUT2D eigenvalue weighted by Crippen LogP contribution is -2.39. The highest BCUT2D eigenvalue weighted by Gasteiger charge is 2.32. The maximum Gasteiger partial charge on any atom is 0.326 e. The normalized spacial score (nSPS) is 19.6. The van der Waals surface area contributed by atoms with Gasteiger partial charge in [0.1, 0.15) is 17.6 Å². The van der Waals surface area contributed by atoms with Crippen LogP contribution in [0.3, 0.4) is 0 Å². The van der Waals surface area contributed by atoms with E-state index >= 15 is 0 Å². The molecule has 1 fully saturated rings. The summed E-state index contributed by atoms with van der Waals surface area (Å²) in [4.78, 5) is 24.2. The van der Waals surface area contributed by atoms with Gasteiger partial charge >= 0.3 is 5.97 Å². The Labute approximate surface area is 105 Å². The Morgan fingerprint density at radius 2 is 2.28 bits per heavy atom.